The molecule has 0 atom stereocenters. The van der Waals surface area contributed by atoms with E-state index >= 15 is 0 Å². The summed E-state index contributed by atoms with van der Waals surface area (Å²) in [6.07, 6.45) is 4.21. The van der Waals surface area contributed by atoms with Crippen LogP contribution in [0.5, 0.6) is 5.75 Å². The number of anilines is 1. The first-order valence-corrected chi connectivity index (χ1v) is 7.38. The fourth-order valence-electron chi connectivity index (χ4n) is 3.02. The van der Waals surface area contributed by atoms with Crippen molar-refractivity contribution in [2.45, 2.75) is 31.6 Å². The van der Waals surface area contributed by atoms with Crippen LogP contribution in [-0.4, -0.2) is 19.0 Å². The third-order valence-corrected chi connectivity index (χ3v) is 4.26. The molecule has 3 aliphatic rings. The lowest BCUT2D eigenvalue weighted by Gasteiger charge is -2.26. The Balaban J connectivity index is 1.72. The first-order chi connectivity index (χ1) is 9.83. The van der Waals surface area contributed by atoms with Crippen molar-refractivity contribution in [3.8, 4) is 5.75 Å². The molecular weight excluding hydrogens is 252 g/mol. The van der Waals surface area contributed by atoms with E-state index in [0.717, 1.165) is 42.9 Å². The minimum atomic E-state index is -0.0810. The van der Waals surface area contributed by atoms with Crippen LogP contribution in [0.25, 0.3) is 0 Å². The normalized spacial score (nSPS) is 22.1. The summed E-state index contributed by atoms with van der Waals surface area (Å²) in [7, 11) is 0. The Kier molecular flexibility index (Phi) is 2.77. The number of ether oxygens (including phenoxy) is 1. The van der Waals surface area contributed by atoms with E-state index in [1.165, 1.54) is 18.4 Å². The Morgan fingerprint density at radius 1 is 1.15 bits per heavy atom. The molecule has 1 aromatic rings. The maximum absolute atomic E-state index is 12.3. The van der Waals surface area contributed by atoms with Crippen LogP contribution in [-0.2, 0) is 4.79 Å². The van der Waals surface area contributed by atoms with Gasteiger partial charge in [-0.2, -0.15) is 0 Å². The minimum absolute atomic E-state index is 0.0810. The second kappa shape index (κ2) is 4.63. The number of fused-ring (bicyclic) bond motifs is 1. The largest absolute Gasteiger partial charge is 0.449 e. The van der Waals surface area contributed by atoms with Crippen molar-refractivity contribution in [3.63, 3.8) is 0 Å². The molecule has 104 valence electrons. The Morgan fingerprint density at radius 2 is 1.95 bits per heavy atom. The van der Waals surface area contributed by atoms with Gasteiger partial charge in [0.05, 0.1) is 5.69 Å². The van der Waals surface area contributed by atoms with Crippen LogP contribution >= 0.6 is 0 Å². The van der Waals surface area contributed by atoms with Crippen LogP contribution in [0, 0.1) is 0 Å². The Hall–Kier alpha value is -1.81. The molecule has 20 heavy (non-hydrogen) atoms. The highest BCUT2D eigenvalue weighted by molar-refractivity contribution is 6.06. The zero-order chi connectivity index (χ0) is 13.5. The monoisotopic (exact) mass is 270 g/mol. The van der Waals surface area contributed by atoms with Gasteiger partial charge in [-0.3, -0.25) is 4.79 Å². The highest BCUT2D eigenvalue weighted by Gasteiger charge is 2.32. The summed E-state index contributed by atoms with van der Waals surface area (Å²) in [4.78, 5) is 12.3. The zero-order valence-corrected chi connectivity index (χ0v) is 11.4. The predicted molar refractivity (Wildman–Crippen MR) is 76.8 cm³/mol. The quantitative estimate of drug-likeness (QED) is 0.771. The number of hydrogen-bond acceptors (Lipinski definition) is 3. The van der Waals surface area contributed by atoms with E-state index in [0.29, 0.717) is 11.7 Å². The molecule has 0 aromatic heterocycles. The van der Waals surface area contributed by atoms with Crippen molar-refractivity contribution in [1.82, 2.24) is 5.32 Å². The third kappa shape index (κ3) is 2.00. The fraction of sp³-hybridized carbons (Fsp3) is 0.438. The van der Waals surface area contributed by atoms with Crippen LogP contribution in [0.4, 0.5) is 5.69 Å². The molecule has 1 aliphatic carbocycles. The Labute approximate surface area is 118 Å². The molecule has 2 heterocycles. The molecule has 0 spiro atoms. The van der Waals surface area contributed by atoms with Crippen LogP contribution in [0.1, 0.15) is 37.2 Å². The lowest BCUT2D eigenvalue weighted by molar-refractivity contribution is -0.115. The molecule has 0 unspecified atom stereocenters. The molecule has 2 N–H and O–H groups in total. The highest BCUT2D eigenvalue weighted by Crippen LogP contribution is 2.47. The van der Waals surface area contributed by atoms with E-state index in [-0.39, 0.29) is 5.91 Å². The van der Waals surface area contributed by atoms with E-state index in [9.17, 15) is 4.79 Å². The maximum Gasteiger partial charge on any atom is 0.291 e. The topological polar surface area (TPSA) is 50.4 Å². The number of nitrogens with one attached hydrogen (secondary N) is 2. The molecule has 0 bridgehead atoms. The number of carbonyl (C=O) groups is 1. The van der Waals surface area contributed by atoms with Crippen molar-refractivity contribution < 1.29 is 9.53 Å². The average molecular weight is 270 g/mol. The number of piperidine rings is 1. The molecule has 1 saturated heterocycles. The number of para-hydroxylation sites is 1. The number of carbonyl (C=O) groups excluding carboxylic acids is 1. The van der Waals surface area contributed by atoms with Crippen molar-refractivity contribution in [2.24, 2.45) is 0 Å². The van der Waals surface area contributed by atoms with Crippen molar-refractivity contribution >= 4 is 11.6 Å². The lowest BCUT2D eigenvalue weighted by atomic mass is 10.0. The minimum Gasteiger partial charge on any atom is -0.449 e. The zero-order valence-electron chi connectivity index (χ0n) is 11.4. The maximum atomic E-state index is 12.3. The van der Waals surface area contributed by atoms with Crippen molar-refractivity contribution in [2.75, 3.05) is 18.4 Å². The second-order valence-corrected chi connectivity index (χ2v) is 5.73. The SMILES string of the molecule is O=C1Nc2c(cccc2C2CC2)OC1=C1CCNCC1. The number of hydrogen-bond donors (Lipinski definition) is 2. The number of rotatable bonds is 1. The van der Waals surface area contributed by atoms with Crippen LogP contribution in [0.3, 0.4) is 0 Å². The average Bonchev–Trinajstić information content (AvgIpc) is 3.31. The molecule has 0 radical (unpaired) electrons. The molecule has 4 rings (SSSR count). The van der Waals surface area contributed by atoms with Gasteiger partial charge < -0.3 is 15.4 Å². The summed E-state index contributed by atoms with van der Waals surface area (Å²) in [5.74, 6) is 1.84. The highest BCUT2D eigenvalue weighted by atomic mass is 16.5. The van der Waals surface area contributed by atoms with Crippen LogP contribution in [0.2, 0.25) is 0 Å². The first-order valence-electron chi connectivity index (χ1n) is 7.38. The van der Waals surface area contributed by atoms with E-state index in [1.54, 1.807) is 0 Å². The smallest absolute Gasteiger partial charge is 0.291 e. The molecule has 1 amide bonds. The molecule has 1 saturated carbocycles. The van der Waals surface area contributed by atoms with Crippen molar-refractivity contribution in [3.05, 3.63) is 35.1 Å². The van der Waals surface area contributed by atoms with Gasteiger partial charge in [0.25, 0.3) is 5.91 Å². The standard InChI is InChI=1S/C16H18N2O2/c19-16-15(11-6-8-17-9-7-11)20-13-3-1-2-12(10-4-5-10)14(13)18-16/h1-3,10,17H,4-9H2,(H,18,19). The van der Waals surface area contributed by atoms with E-state index < -0.39 is 0 Å². The summed E-state index contributed by atoms with van der Waals surface area (Å²) in [5.41, 5.74) is 3.24. The Morgan fingerprint density at radius 3 is 2.70 bits per heavy atom. The summed E-state index contributed by atoms with van der Waals surface area (Å²) in [6, 6.07) is 6.07. The molecule has 4 nitrogen and oxygen atoms in total. The van der Waals surface area contributed by atoms with E-state index in [4.69, 9.17) is 4.74 Å². The van der Waals surface area contributed by atoms with Gasteiger partial charge in [-0.25, -0.2) is 0 Å². The van der Waals surface area contributed by atoms with Crippen molar-refractivity contribution in [1.29, 1.82) is 0 Å². The second-order valence-electron chi connectivity index (χ2n) is 5.73. The van der Waals surface area contributed by atoms with Gasteiger partial charge in [0.1, 0.15) is 0 Å². The molecule has 2 fully saturated rings. The number of benzene rings is 1. The number of amides is 1. The predicted octanol–water partition coefficient (Wildman–Crippen LogP) is 2.53. The lowest BCUT2D eigenvalue weighted by Crippen LogP contribution is -2.30. The van der Waals surface area contributed by atoms with Gasteiger partial charge in [-0.15, -0.1) is 0 Å². The van der Waals surface area contributed by atoms with Crippen LogP contribution < -0.4 is 15.4 Å². The van der Waals surface area contributed by atoms with E-state index in [1.807, 2.05) is 12.1 Å². The van der Waals surface area contributed by atoms with Gasteiger partial charge in [0.2, 0.25) is 0 Å². The fourth-order valence-corrected chi connectivity index (χ4v) is 3.02. The van der Waals surface area contributed by atoms with Gasteiger partial charge in [0, 0.05) is 0 Å². The van der Waals surface area contributed by atoms with Gasteiger partial charge in [-0.1, -0.05) is 12.1 Å². The summed E-state index contributed by atoms with van der Waals surface area (Å²) < 4.78 is 5.94. The third-order valence-electron chi connectivity index (χ3n) is 4.26. The molecule has 1 aromatic carbocycles. The summed E-state index contributed by atoms with van der Waals surface area (Å²) >= 11 is 0. The molecular formula is C16H18N2O2. The van der Waals surface area contributed by atoms with Gasteiger partial charge in [-0.05, 0) is 61.9 Å². The Bertz CT molecular complexity index is 594. The van der Waals surface area contributed by atoms with Gasteiger partial charge in [0.15, 0.2) is 11.5 Å². The summed E-state index contributed by atoms with van der Waals surface area (Å²) in [6.45, 7) is 1.84. The first kappa shape index (κ1) is 12.0. The summed E-state index contributed by atoms with van der Waals surface area (Å²) in [5, 5.41) is 6.35. The van der Waals surface area contributed by atoms with Gasteiger partial charge >= 0.3 is 0 Å². The molecule has 2 aliphatic heterocycles. The van der Waals surface area contributed by atoms with Crippen LogP contribution in [0.15, 0.2) is 29.5 Å². The van der Waals surface area contributed by atoms with E-state index in [2.05, 4.69) is 16.7 Å². The molecule has 4 heteroatoms.